The molecule has 0 spiro atoms. The molecule has 1 aliphatic heterocycles. The predicted molar refractivity (Wildman–Crippen MR) is 121 cm³/mol. The van der Waals surface area contributed by atoms with Crippen molar-refractivity contribution in [2.75, 3.05) is 11.4 Å². The number of methoxy groups -OCH3 is 1. The maximum atomic E-state index is 13.9. The maximum Gasteiger partial charge on any atom is 0.534 e. The van der Waals surface area contributed by atoms with Crippen molar-refractivity contribution in [3.8, 4) is 5.75 Å². The third-order valence-corrected chi connectivity index (χ3v) is 8.58. The van der Waals surface area contributed by atoms with E-state index in [9.17, 15) is 34.8 Å². The summed E-state index contributed by atoms with van der Waals surface area (Å²) in [4.78, 5) is 11.3. The van der Waals surface area contributed by atoms with Gasteiger partial charge >= 0.3 is 21.6 Å². The van der Waals surface area contributed by atoms with Gasteiger partial charge in [-0.05, 0) is 55.0 Å². The zero-order chi connectivity index (χ0) is 26.2. The average Bonchev–Trinajstić information content (AvgIpc) is 2.81. The number of anilines is 1. The van der Waals surface area contributed by atoms with Crippen molar-refractivity contribution in [3.05, 3.63) is 53.1 Å². The van der Waals surface area contributed by atoms with Gasteiger partial charge in [0.2, 0.25) is 0 Å². The van der Waals surface area contributed by atoms with Gasteiger partial charge in [-0.1, -0.05) is 32.0 Å². The molecule has 0 bridgehead atoms. The number of ether oxygens (including phenoxy) is 1. The van der Waals surface area contributed by atoms with Gasteiger partial charge in [-0.3, -0.25) is 4.31 Å². The average molecular weight is 536 g/mol. The minimum atomic E-state index is -6.31. The topological polar surface area (TPSA) is 107 Å². The van der Waals surface area contributed by atoms with E-state index >= 15 is 0 Å². The number of benzene rings is 2. The number of sulfonamides is 1. The van der Waals surface area contributed by atoms with Crippen molar-refractivity contribution in [2.45, 2.75) is 56.0 Å². The molecule has 35 heavy (non-hydrogen) atoms. The summed E-state index contributed by atoms with van der Waals surface area (Å²) in [5, 5.41) is 0. The van der Waals surface area contributed by atoms with E-state index in [1.54, 1.807) is 19.1 Å². The van der Waals surface area contributed by atoms with Crippen LogP contribution in [0.15, 0.2) is 41.3 Å². The molecule has 1 unspecified atom stereocenters. The van der Waals surface area contributed by atoms with Gasteiger partial charge in [-0.15, -0.1) is 0 Å². The second-order valence-electron chi connectivity index (χ2n) is 7.83. The van der Waals surface area contributed by atoms with Crippen molar-refractivity contribution in [1.29, 1.82) is 0 Å². The Bertz CT molecular complexity index is 1340. The first-order valence-corrected chi connectivity index (χ1v) is 13.5. The standard InChI is InChI=1S/C22H24F3NO7S2/c1-4-14-9-12-18-15(13-14)10-11-16(5-2)26(18)34(28,29)19-8-6-7-17(21(27)32-3)20(19)33-35(30,31)22(23,24)25/h6-9,12-13,16H,4-5,10-11H2,1-3H3. The Morgan fingerprint density at radius 3 is 2.37 bits per heavy atom. The highest BCUT2D eigenvalue weighted by Gasteiger charge is 2.50. The van der Waals surface area contributed by atoms with Gasteiger partial charge in [0.25, 0.3) is 10.0 Å². The van der Waals surface area contributed by atoms with Crippen molar-refractivity contribution in [3.63, 3.8) is 0 Å². The normalized spacial score (nSPS) is 16.5. The monoisotopic (exact) mass is 535 g/mol. The van der Waals surface area contributed by atoms with Crippen LogP contribution in [0.25, 0.3) is 0 Å². The second-order valence-corrected chi connectivity index (χ2v) is 11.1. The SMILES string of the molecule is CCc1ccc2c(c1)CCC(CC)N2S(=O)(=O)c1cccc(C(=O)OC)c1OS(=O)(=O)C(F)(F)F. The number of hydrogen-bond donors (Lipinski definition) is 0. The van der Waals surface area contributed by atoms with Gasteiger partial charge in [0, 0.05) is 6.04 Å². The number of carbonyl (C=O) groups excluding carboxylic acids is 1. The number of halogens is 3. The fraction of sp³-hybridized carbons (Fsp3) is 0.409. The summed E-state index contributed by atoms with van der Waals surface area (Å²) in [6, 6.07) is 7.57. The Labute approximate surface area is 201 Å². The van der Waals surface area contributed by atoms with Crippen LogP contribution in [-0.2, 0) is 37.7 Å². The van der Waals surface area contributed by atoms with E-state index in [1.807, 2.05) is 13.0 Å². The molecule has 3 rings (SSSR count). The molecule has 1 heterocycles. The number of rotatable bonds is 7. The zero-order valence-corrected chi connectivity index (χ0v) is 20.8. The molecule has 0 fully saturated rings. The van der Waals surface area contributed by atoms with Crippen LogP contribution >= 0.6 is 0 Å². The number of aryl methyl sites for hydroxylation is 2. The van der Waals surface area contributed by atoms with Gasteiger partial charge in [0.15, 0.2) is 5.75 Å². The maximum absolute atomic E-state index is 13.9. The summed E-state index contributed by atoms with van der Waals surface area (Å²) < 4.78 is 101. The fourth-order valence-corrected chi connectivity index (χ4v) is 6.42. The predicted octanol–water partition coefficient (Wildman–Crippen LogP) is 4.18. The van der Waals surface area contributed by atoms with Crippen molar-refractivity contribution < 1.29 is 43.7 Å². The summed E-state index contributed by atoms with van der Waals surface area (Å²) in [6.45, 7) is 3.70. The number of carbonyl (C=O) groups is 1. The van der Waals surface area contributed by atoms with Crippen LogP contribution < -0.4 is 8.49 Å². The minimum Gasteiger partial charge on any atom is -0.465 e. The Kier molecular flexibility index (Phi) is 7.42. The molecule has 1 aliphatic rings. The molecular weight excluding hydrogens is 511 g/mol. The van der Waals surface area contributed by atoms with E-state index in [0.29, 0.717) is 31.4 Å². The van der Waals surface area contributed by atoms with E-state index in [2.05, 4.69) is 8.92 Å². The molecule has 8 nitrogen and oxygen atoms in total. The molecule has 0 saturated carbocycles. The lowest BCUT2D eigenvalue weighted by atomic mass is 9.94. The van der Waals surface area contributed by atoms with Crippen LogP contribution in [0.5, 0.6) is 5.75 Å². The Hall–Kier alpha value is -2.80. The van der Waals surface area contributed by atoms with Gasteiger partial charge < -0.3 is 8.92 Å². The summed E-state index contributed by atoms with van der Waals surface area (Å²) in [5.74, 6) is -2.54. The van der Waals surface area contributed by atoms with Gasteiger partial charge in [-0.2, -0.15) is 21.6 Å². The first-order valence-electron chi connectivity index (χ1n) is 10.7. The van der Waals surface area contributed by atoms with E-state index in [0.717, 1.165) is 40.7 Å². The lowest BCUT2D eigenvalue weighted by molar-refractivity contribution is -0.0501. The van der Waals surface area contributed by atoms with Gasteiger partial charge in [-0.25, -0.2) is 13.2 Å². The molecule has 0 amide bonds. The molecule has 13 heteroatoms. The third-order valence-electron chi connectivity index (χ3n) is 5.74. The smallest absolute Gasteiger partial charge is 0.465 e. The molecule has 2 aromatic rings. The molecule has 1 atom stereocenters. The first-order chi connectivity index (χ1) is 16.3. The minimum absolute atomic E-state index is 0.327. The lowest BCUT2D eigenvalue weighted by Crippen LogP contribution is -2.43. The first kappa shape index (κ1) is 26.8. The summed E-state index contributed by atoms with van der Waals surface area (Å²) >= 11 is 0. The summed E-state index contributed by atoms with van der Waals surface area (Å²) in [7, 11) is -10.1. The van der Waals surface area contributed by atoms with Crippen LogP contribution in [0, 0.1) is 0 Å². The van der Waals surface area contributed by atoms with E-state index in [4.69, 9.17) is 0 Å². The Balaban J connectivity index is 2.28. The van der Waals surface area contributed by atoms with E-state index in [-0.39, 0.29) is 0 Å². The zero-order valence-electron chi connectivity index (χ0n) is 19.1. The van der Waals surface area contributed by atoms with Crippen LogP contribution in [0.4, 0.5) is 18.9 Å². The van der Waals surface area contributed by atoms with Crippen LogP contribution in [-0.4, -0.2) is 41.5 Å². The molecular formula is C22H24F3NO7S2. The number of nitrogens with zero attached hydrogens (tertiary/aromatic N) is 1. The molecule has 2 aromatic carbocycles. The molecule has 0 aromatic heterocycles. The highest BCUT2D eigenvalue weighted by molar-refractivity contribution is 7.93. The highest BCUT2D eigenvalue weighted by atomic mass is 32.2. The van der Waals surface area contributed by atoms with Crippen molar-refractivity contribution >= 4 is 31.8 Å². The molecule has 192 valence electrons. The number of fused-ring (bicyclic) bond motifs is 1. The van der Waals surface area contributed by atoms with Crippen molar-refractivity contribution in [1.82, 2.24) is 0 Å². The molecule has 0 N–H and O–H groups in total. The summed E-state index contributed by atoms with van der Waals surface area (Å²) in [5.41, 5.74) is -4.62. The largest absolute Gasteiger partial charge is 0.534 e. The highest BCUT2D eigenvalue weighted by Crippen LogP contribution is 2.41. The van der Waals surface area contributed by atoms with Gasteiger partial charge in [0.05, 0.1) is 12.8 Å². The lowest BCUT2D eigenvalue weighted by Gasteiger charge is -2.38. The fourth-order valence-electron chi connectivity index (χ4n) is 3.94. The Morgan fingerprint density at radius 2 is 1.80 bits per heavy atom. The number of esters is 1. The number of para-hydroxylation sites is 1. The quantitative estimate of drug-likeness (QED) is 0.297. The van der Waals surface area contributed by atoms with Crippen LogP contribution in [0.2, 0.25) is 0 Å². The van der Waals surface area contributed by atoms with Gasteiger partial charge in [0.1, 0.15) is 10.5 Å². The third kappa shape index (κ3) is 4.96. The van der Waals surface area contributed by atoms with Crippen molar-refractivity contribution in [2.24, 2.45) is 0 Å². The Morgan fingerprint density at radius 1 is 1.11 bits per heavy atom. The molecule has 0 saturated heterocycles. The molecule has 0 aliphatic carbocycles. The molecule has 0 radical (unpaired) electrons. The van der Waals surface area contributed by atoms with Crippen LogP contribution in [0.1, 0.15) is 48.2 Å². The summed E-state index contributed by atoms with van der Waals surface area (Å²) in [6.07, 6.45) is 2.11. The number of hydrogen-bond acceptors (Lipinski definition) is 7. The van der Waals surface area contributed by atoms with E-state index in [1.165, 1.54) is 0 Å². The number of alkyl halides is 3. The van der Waals surface area contributed by atoms with Crippen LogP contribution in [0.3, 0.4) is 0 Å². The second kappa shape index (κ2) is 9.69. The van der Waals surface area contributed by atoms with E-state index < -0.39 is 53.9 Å².